The monoisotopic (exact) mass is 887 g/mol. The quantitative estimate of drug-likeness (QED) is 0.142. The van der Waals surface area contributed by atoms with Gasteiger partial charge in [-0.2, -0.15) is 8.78 Å². The van der Waals surface area contributed by atoms with E-state index in [1.807, 2.05) is 67.9 Å². The lowest BCUT2D eigenvalue weighted by atomic mass is 9.91. The van der Waals surface area contributed by atoms with Gasteiger partial charge in [0, 0.05) is 48.3 Å². The summed E-state index contributed by atoms with van der Waals surface area (Å²) in [5.74, 6) is -3.74. The third-order valence-electron chi connectivity index (χ3n) is 15.5. The molecule has 6 atom stereocenters. The number of hydrazine groups is 1. The van der Waals surface area contributed by atoms with Crippen LogP contribution in [-0.2, 0) is 31.4 Å². The number of hydrogen-bond acceptors (Lipinski definition) is 8. The average molecular weight is 888 g/mol. The molecule has 1 N–H and O–H groups in total. The number of alkyl halides is 2. The number of benzene rings is 3. The van der Waals surface area contributed by atoms with Crippen molar-refractivity contribution in [2.75, 3.05) is 20.8 Å². The maximum absolute atomic E-state index is 16.7. The highest BCUT2D eigenvalue weighted by atomic mass is 19.3. The van der Waals surface area contributed by atoms with Crippen molar-refractivity contribution >= 4 is 40.7 Å². The largest absolute Gasteiger partial charge is 0.469 e. The van der Waals surface area contributed by atoms with Gasteiger partial charge in [-0.3, -0.25) is 19.6 Å². The number of esters is 1. The predicted molar refractivity (Wildman–Crippen MR) is 243 cm³/mol. The number of alkyl carbamates (subject to hydrolysis) is 1. The maximum atomic E-state index is 16.7. The molecule has 0 radical (unpaired) electrons. The van der Waals surface area contributed by atoms with E-state index < -0.39 is 30.1 Å². The second-order valence-corrected chi connectivity index (χ2v) is 20.2. The molecule has 65 heavy (non-hydrogen) atoms. The summed E-state index contributed by atoms with van der Waals surface area (Å²) >= 11 is 0. The van der Waals surface area contributed by atoms with E-state index in [0.29, 0.717) is 47.6 Å². The van der Waals surface area contributed by atoms with E-state index in [1.165, 1.54) is 14.2 Å². The van der Waals surface area contributed by atoms with Gasteiger partial charge in [0.05, 0.1) is 42.6 Å². The van der Waals surface area contributed by atoms with E-state index in [4.69, 9.17) is 19.5 Å². The van der Waals surface area contributed by atoms with Crippen LogP contribution in [0.2, 0.25) is 0 Å². The summed E-state index contributed by atoms with van der Waals surface area (Å²) < 4.78 is 43.2. The second kappa shape index (κ2) is 16.0. The molecule has 4 fully saturated rings. The number of nitrogens with zero attached hydrogens (tertiary/aromatic N) is 5. The number of aliphatic imine (C=N–C) groups is 2. The molecule has 2 bridgehead atoms. The molecule has 2 saturated heterocycles. The third-order valence-corrected chi connectivity index (χ3v) is 15.5. The van der Waals surface area contributed by atoms with Gasteiger partial charge in [0.25, 0.3) is 5.92 Å². The first-order chi connectivity index (χ1) is 31.1. The fourth-order valence-corrected chi connectivity index (χ4v) is 11.7. The highest BCUT2D eigenvalue weighted by Crippen LogP contribution is 2.56. The Hall–Kier alpha value is -5.79. The molecular formula is C51H57F2N6O6+. The Bertz CT molecular complexity index is 2620. The van der Waals surface area contributed by atoms with Crippen LogP contribution in [0.25, 0.3) is 27.8 Å². The van der Waals surface area contributed by atoms with Gasteiger partial charge in [0.2, 0.25) is 11.9 Å². The van der Waals surface area contributed by atoms with Gasteiger partial charge in [0.1, 0.15) is 23.4 Å². The zero-order valence-electron chi connectivity index (χ0n) is 37.9. The molecular weight excluding hydrogens is 831 g/mol. The molecule has 4 heterocycles. The number of carbonyl (C=O) groups is 3. The number of piperidine rings is 1. The topological polar surface area (TPSA) is 133 Å². The number of halogens is 2. The fraction of sp³-hybridized carbons (Fsp3) is 0.510. The van der Waals surface area contributed by atoms with Crippen LogP contribution in [0.5, 0.6) is 0 Å². The minimum atomic E-state index is -3.24. The lowest BCUT2D eigenvalue weighted by molar-refractivity contribution is -0.747. The number of rotatable bonds is 12. The number of allylic oxidation sites excluding steroid dienone is 1. The number of nitroso groups, excluding NO2 is 1. The Morgan fingerprint density at radius 2 is 1.57 bits per heavy atom. The molecule has 12 nitrogen and oxygen atoms in total. The summed E-state index contributed by atoms with van der Waals surface area (Å²) in [5, 5.41) is 4.67. The summed E-state index contributed by atoms with van der Waals surface area (Å²) in [6.07, 6.45) is 7.82. The number of nitrogens with one attached hydrogen (secondary N) is 1. The first kappa shape index (κ1) is 43.1. The summed E-state index contributed by atoms with van der Waals surface area (Å²) in [6, 6.07) is 14.9. The van der Waals surface area contributed by atoms with Crippen LogP contribution in [-0.4, -0.2) is 95.1 Å². The van der Waals surface area contributed by atoms with Gasteiger partial charge < -0.3 is 19.7 Å². The van der Waals surface area contributed by atoms with Gasteiger partial charge in [0.15, 0.2) is 0 Å². The van der Waals surface area contributed by atoms with E-state index >= 15 is 8.78 Å². The van der Waals surface area contributed by atoms with E-state index in [9.17, 15) is 19.3 Å². The number of likely N-dealkylation sites (tertiary alicyclic amines) is 1. The molecule has 10 rings (SSSR count). The van der Waals surface area contributed by atoms with Crippen molar-refractivity contribution in [1.82, 2.24) is 15.2 Å². The van der Waals surface area contributed by atoms with Crippen molar-refractivity contribution in [1.29, 1.82) is 0 Å². The molecule has 1 spiro atoms. The van der Waals surface area contributed by atoms with Crippen molar-refractivity contribution in [3.63, 3.8) is 0 Å². The van der Waals surface area contributed by atoms with Gasteiger partial charge in [-0.15, -0.1) is 5.01 Å². The number of methoxy groups -OCH3 is 2. The molecule has 4 aliphatic heterocycles. The van der Waals surface area contributed by atoms with Gasteiger partial charge >= 0.3 is 12.1 Å². The van der Waals surface area contributed by atoms with Crippen molar-refractivity contribution in [3.05, 3.63) is 88.0 Å². The van der Waals surface area contributed by atoms with Crippen molar-refractivity contribution in [2.45, 2.75) is 122 Å². The zero-order valence-corrected chi connectivity index (χ0v) is 37.9. The van der Waals surface area contributed by atoms with Crippen LogP contribution in [0.3, 0.4) is 0 Å². The molecule has 2 saturated carbocycles. The van der Waals surface area contributed by atoms with Crippen LogP contribution < -0.4 is 5.32 Å². The van der Waals surface area contributed by atoms with E-state index in [2.05, 4.69) is 5.32 Å². The Morgan fingerprint density at radius 3 is 2.25 bits per heavy atom. The van der Waals surface area contributed by atoms with Crippen LogP contribution in [0.1, 0.15) is 101 Å². The zero-order chi connectivity index (χ0) is 45.7. The fourth-order valence-electron chi connectivity index (χ4n) is 11.7. The highest BCUT2D eigenvalue weighted by Gasteiger charge is 2.58. The number of amides is 2. The first-order valence-electron chi connectivity index (χ1n) is 23.2. The maximum Gasteiger partial charge on any atom is 0.407 e. The molecule has 3 aliphatic carbocycles. The molecule has 1 unspecified atom stereocenters. The average Bonchev–Trinajstić information content (AvgIpc) is 3.95. The first-order valence-corrected chi connectivity index (χ1v) is 23.2. The second-order valence-electron chi connectivity index (χ2n) is 20.2. The standard InChI is InChI=1S/C51H56F2N6O6/c1-27(2)43(23-45(60)64-5)59(63)58-35-11-7-32(18-35)47(58)42-21-33-17-29(10-14-40(33)55-42)30-8-12-36-37-13-9-31(20-39(37)51(52,53)38(36)19-30)34-22-41(54-25-34)44-24-50(15-16-50)26-57(44)48(61)46(28(3)4)56-49(62)65-6/h8-10,12-14,17,19-20,25,27-28,32,35,43-44,46-47H,7,11,15-16,18,21-24,26H2,1-6H3/p+1/t32-,35+,43-,44?,46-,47-/m0/s1. The Kier molecular flexibility index (Phi) is 10.6. The summed E-state index contributed by atoms with van der Waals surface area (Å²) in [4.78, 5) is 65.4. The van der Waals surface area contributed by atoms with Crippen molar-refractivity contribution in [2.24, 2.45) is 33.2 Å². The smallest absolute Gasteiger partial charge is 0.407 e. The molecule has 7 aliphatic rings. The summed E-state index contributed by atoms with van der Waals surface area (Å²) in [6.45, 7) is 8.29. The lowest BCUT2D eigenvalue weighted by Gasteiger charge is -2.31. The molecule has 3 aromatic rings. The van der Waals surface area contributed by atoms with Gasteiger partial charge in [-0.1, -0.05) is 58.0 Å². The van der Waals surface area contributed by atoms with Gasteiger partial charge in [-0.05, 0) is 119 Å². The molecule has 0 aromatic heterocycles. The Morgan fingerprint density at radius 1 is 0.877 bits per heavy atom. The van der Waals surface area contributed by atoms with Crippen molar-refractivity contribution < 1.29 is 37.5 Å². The summed E-state index contributed by atoms with van der Waals surface area (Å²) in [5.41, 5.74) is 7.57. The van der Waals surface area contributed by atoms with Crippen LogP contribution >= 0.6 is 0 Å². The van der Waals surface area contributed by atoms with E-state index in [0.717, 1.165) is 77.2 Å². The molecule has 340 valence electrons. The number of fused-ring (bicyclic) bond motifs is 6. The van der Waals surface area contributed by atoms with Gasteiger partial charge in [-0.25, -0.2) is 4.79 Å². The van der Waals surface area contributed by atoms with Crippen molar-refractivity contribution in [3.8, 4) is 22.3 Å². The lowest BCUT2D eigenvalue weighted by Crippen LogP contribution is -2.54. The van der Waals surface area contributed by atoms with Crippen LogP contribution in [0.4, 0.5) is 19.3 Å². The molecule has 2 amide bonds. The Labute approximate surface area is 378 Å². The molecule has 14 heteroatoms. The normalized spacial score (nSPS) is 24.7. The van der Waals surface area contributed by atoms with Crippen LogP contribution in [0, 0.1) is 28.1 Å². The van der Waals surface area contributed by atoms with E-state index in [1.54, 1.807) is 30.5 Å². The molecule has 3 aromatic carbocycles. The highest BCUT2D eigenvalue weighted by molar-refractivity contribution is 6.04. The van der Waals surface area contributed by atoms with Crippen LogP contribution in [0.15, 0.2) is 70.8 Å². The SMILES string of the molecule is COC(=O)C[C@@H](C(C)C)[N+](=O)N1[C@@H]2CC[C@@H](C2)[C@H]1C1=Nc2ccc(-c3ccc4c(c3)C(F)(F)c3cc(C5=CN=C(C6CC7(CC7)CN6C(=O)[C@@H](NC(=O)OC)C(C)C)C5)ccc3-4)cc2C1. The minimum Gasteiger partial charge on any atom is -0.469 e. The third kappa shape index (κ3) is 7.35. The van der Waals surface area contributed by atoms with E-state index in [-0.39, 0.29) is 58.8 Å². The number of hydrogen-bond donors (Lipinski definition) is 1. The predicted octanol–water partition coefficient (Wildman–Crippen LogP) is 9.18. The Balaban J connectivity index is 0.846. The summed E-state index contributed by atoms with van der Waals surface area (Å²) in [7, 11) is 2.62. The number of carbonyl (C=O) groups excluding carboxylic acids is 3. The number of ether oxygens (including phenoxy) is 2. The minimum absolute atomic E-state index is 0.0123.